The van der Waals surface area contributed by atoms with Crippen LogP contribution in [-0.4, -0.2) is 0 Å². The molecule has 18 heavy (non-hydrogen) atoms. The lowest BCUT2D eigenvalue weighted by molar-refractivity contribution is 0.619. The second-order valence-corrected chi connectivity index (χ2v) is 5.25. The molecule has 0 fully saturated rings. The molecule has 2 rings (SSSR count). The van der Waals surface area contributed by atoms with Gasteiger partial charge in [0.1, 0.15) is 5.82 Å². The number of halogens is 2. The Labute approximate surface area is 114 Å². The molecule has 0 aromatic heterocycles. The lowest BCUT2D eigenvalue weighted by atomic mass is 10.1. The summed E-state index contributed by atoms with van der Waals surface area (Å²) in [5.74, 6) is -0.288. The second-order valence-electron chi connectivity index (χ2n) is 4.33. The Bertz CT molecular complexity index is 576. The van der Waals surface area contributed by atoms with Crippen molar-refractivity contribution in [2.45, 2.75) is 13.8 Å². The van der Waals surface area contributed by atoms with Crippen LogP contribution in [0.5, 0.6) is 0 Å². The van der Waals surface area contributed by atoms with Gasteiger partial charge in [-0.25, -0.2) is 4.39 Å². The van der Waals surface area contributed by atoms with Gasteiger partial charge in [0.25, 0.3) is 0 Å². The molecule has 0 radical (unpaired) electrons. The summed E-state index contributed by atoms with van der Waals surface area (Å²) in [6.07, 6.45) is 0. The van der Waals surface area contributed by atoms with Crippen LogP contribution in [0.2, 0.25) is 0 Å². The summed E-state index contributed by atoms with van der Waals surface area (Å²) in [4.78, 5) is 0. The molecule has 0 saturated carbocycles. The fourth-order valence-corrected chi connectivity index (χ4v) is 2.38. The number of hydrogen-bond donors (Lipinski definition) is 2. The molecule has 0 bridgehead atoms. The number of nitrogen functional groups attached to an aromatic ring is 1. The van der Waals surface area contributed by atoms with Crippen molar-refractivity contribution in [2.24, 2.45) is 0 Å². The zero-order valence-electron chi connectivity index (χ0n) is 10.2. The monoisotopic (exact) mass is 308 g/mol. The SMILES string of the molecule is Cc1cc(Br)cc(Nc2cc(C)c(F)cc2N)c1. The number of nitrogens with two attached hydrogens (primary N) is 1. The first-order valence-corrected chi connectivity index (χ1v) is 6.35. The third-order valence-electron chi connectivity index (χ3n) is 2.65. The highest BCUT2D eigenvalue weighted by molar-refractivity contribution is 9.10. The fourth-order valence-electron chi connectivity index (χ4n) is 1.77. The maximum absolute atomic E-state index is 13.3. The Morgan fingerprint density at radius 2 is 1.83 bits per heavy atom. The number of benzene rings is 2. The smallest absolute Gasteiger partial charge is 0.128 e. The topological polar surface area (TPSA) is 38.0 Å². The zero-order valence-corrected chi connectivity index (χ0v) is 11.8. The molecule has 0 aliphatic carbocycles. The summed E-state index contributed by atoms with van der Waals surface area (Å²) >= 11 is 3.44. The van der Waals surface area contributed by atoms with E-state index in [1.54, 1.807) is 13.0 Å². The minimum atomic E-state index is -0.288. The second kappa shape index (κ2) is 4.98. The highest BCUT2D eigenvalue weighted by Crippen LogP contribution is 2.28. The van der Waals surface area contributed by atoms with Crippen molar-refractivity contribution in [2.75, 3.05) is 11.1 Å². The minimum Gasteiger partial charge on any atom is -0.397 e. The van der Waals surface area contributed by atoms with Crippen LogP contribution < -0.4 is 11.1 Å². The van der Waals surface area contributed by atoms with Gasteiger partial charge < -0.3 is 11.1 Å². The first kappa shape index (κ1) is 12.9. The van der Waals surface area contributed by atoms with Crippen molar-refractivity contribution in [1.82, 2.24) is 0 Å². The van der Waals surface area contributed by atoms with Crippen LogP contribution in [0, 0.1) is 19.7 Å². The van der Waals surface area contributed by atoms with Gasteiger partial charge in [-0.15, -0.1) is 0 Å². The quantitative estimate of drug-likeness (QED) is 0.800. The van der Waals surface area contributed by atoms with Crippen molar-refractivity contribution >= 4 is 33.0 Å². The minimum absolute atomic E-state index is 0.288. The van der Waals surface area contributed by atoms with E-state index in [4.69, 9.17) is 5.73 Å². The molecular formula is C14H14BrFN2. The van der Waals surface area contributed by atoms with Gasteiger partial charge in [-0.05, 0) is 55.3 Å². The van der Waals surface area contributed by atoms with Crippen LogP contribution in [0.3, 0.4) is 0 Å². The van der Waals surface area contributed by atoms with E-state index in [0.29, 0.717) is 16.9 Å². The summed E-state index contributed by atoms with van der Waals surface area (Å²) in [7, 11) is 0. The van der Waals surface area contributed by atoms with E-state index in [0.717, 1.165) is 15.7 Å². The van der Waals surface area contributed by atoms with Gasteiger partial charge in [0.15, 0.2) is 0 Å². The largest absolute Gasteiger partial charge is 0.397 e. The highest BCUT2D eigenvalue weighted by Gasteiger charge is 2.05. The van der Waals surface area contributed by atoms with E-state index in [9.17, 15) is 4.39 Å². The van der Waals surface area contributed by atoms with E-state index < -0.39 is 0 Å². The van der Waals surface area contributed by atoms with Gasteiger partial charge in [-0.3, -0.25) is 0 Å². The molecular weight excluding hydrogens is 295 g/mol. The van der Waals surface area contributed by atoms with Gasteiger partial charge in [0.05, 0.1) is 11.4 Å². The predicted octanol–water partition coefficient (Wildman–Crippen LogP) is 4.53. The van der Waals surface area contributed by atoms with Crippen LogP contribution in [0.25, 0.3) is 0 Å². The van der Waals surface area contributed by atoms with Crippen LogP contribution in [-0.2, 0) is 0 Å². The molecule has 2 nitrogen and oxygen atoms in total. The molecule has 0 spiro atoms. The predicted molar refractivity (Wildman–Crippen MR) is 77.7 cm³/mol. The fraction of sp³-hybridized carbons (Fsp3) is 0.143. The maximum Gasteiger partial charge on any atom is 0.128 e. The van der Waals surface area contributed by atoms with Gasteiger partial charge in [-0.1, -0.05) is 15.9 Å². The number of hydrogen-bond acceptors (Lipinski definition) is 2. The van der Waals surface area contributed by atoms with E-state index in [1.165, 1.54) is 6.07 Å². The zero-order chi connectivity index (χ0) is 13.3. The van der Waals surface area contributed by atoms with E-state index in [2.05, 4.69) is 21.2 Å². The average molecular weight is 309 g/mol. The van der Waals surface area contributed by atoms with Crippen molar-refractivity contribution < 1.29 is 4.39 Å². The molecule has 2 aromatic carbocycles. The lowest BCUT2D eigenvalue weighted by Gasteiger charge is -2.12. The lowest BCUT2D eigenvalue weighted by Crippen LogP contribution is -1.99. The van der Waals surface area contributed by atoms with Crippen molar-refractivity contribution in [1.29, 1.82) is 0 Å². The Kier molecular flexibility index (Phi) is 3.57. The molecule has 0 saturated heterocycles. The third-order valence-corrected chi connectivity index (χ3v) is 3.11. The maximum atomic E-state index is 13.3. The van der Waals surface area contributed by atoms with Gasteiger partial charge >= 0.3 is 0 Å². The summed E-state index contributed by atoms with van der Waals surface area (Å²) in [6.45, 7) is 3.72. The van der Waals surface area contributed by atoms with Crippen LogP contribution in [0.1, 0.15) is 11.1 Å². The normalized spacial score (nSPS) is 10.4. The van der Waals surface area contributed by atoms with E-state index in [-0.39, 0.29) is 5.82 Å². The molecule has 3 N–H and O–H groups in total. The summed E-state index contributed by atoms with van der Waals surface area (Å²) in [5.41, 5.74) is 9.53. The Hall–Kier alpha value is -1.55. The third kappa shape index (κ3) is 2.82. The first-order chi connectivity index (χ1) is 8.45. The molecule has 0 aliphatic heterocycles. The summed E-state index contributed by atoms with van der Waals surface area (Å²) in [6, 6.07) is 9.02. The molecule has 0 unspecified atom stereocenters. The Morgan fingerprint density at radius 3 is 2.50 bits per heavy atom. The molecule has 0 amide bonds. The van der Waals surface area contributed by atoms with Crippen LogP contribution >= 0.6 is 15.9 Å². The number of aryl methyl sites for hydroxylation is 2. The van der Waals surface area contributed by atoms with Gasteiger partial charge in [0, 0.05) is 10.2 Å². The van der Waals surface area contributed by atoms with Crippen molar-refractivity contribution in [3.63, 3.8) is 0 Å². The molecule has 0 heterocycles. The van der Waals surface area contributed by atoms with Gasteiger partial charge in [0.2, 0.25) is 0 Å². The highest BCUT2D eigenvalue weighted by atomic mass is 79.9. The summed E-state index contributed by atoms with van der Waals surface area (Å²) in [5, 5.41) is 3.20. The standard InChI is InChI=1S/C14H14BrFN2/c1-8-3-10(15)6-11(4-8)18-14-5-9(2)12(16)7-13(14)17/h3-7,18H,17H2,1-2H3. The average Bonchev–Trinajstić information content (AvgIpc) is 2.24. The molecule has 94 valence electrons. The van der Waals surface area contributed by atoms with E-state index >= 15 is 0 Å². The van der Waals surface area contributed by atoms with Crippen LogP contribution in [0.15, 0.2) is 34.8 Å². The number of rotatable bonds is 2. The number of anilines is 3. The number of nitrogens with one attached hydrogen (secondary N) is 1. The van der Waals surface area contributed by atoms with Gasteiger partial charge in [-0.2, -0.15) is 0 Å². The summed E-state index contributed by atoms with van der Waals surface area (Å²) < 4.78 is 14.3. The molecule has 0 atom stereocenters. The van der Waals surface area contributed by atoms with Crippen molar-refractivity contribution in [3.8, 4) is 0 Å². The van der Waals surface area contributed by atoms with E-state index in [1.807, 2.05) is 25.1 Å². The molecule has 4 heteroatoms. The molecule has 0 aliphatic rings. The molecule has 2 aromatic rings. The van der Waals surface area contributed by atoms with Crippen molar-refractivity contribution in [3.05, 3.63) is 51.7 Å². The Balaban J connectivity index is 2.36. The first-order valence-electron chi connectivity index (χ1n) is 5.55. The Morgan fingerprint density at radius 1 is 1.11 bits per heavy atom. The van der Waals surface area contributed by atoms with Crippen LogP contribution in [0.4, 0.5) is 21.5 Å².